The van der Waals surface area contributed by atoms with Gasteiger partial charge in [-0.1, -0.05) is 13.8 Å². The van der Waals surface area contributed by atoms with E-state index < -0.39 is 4.93 Å². The summed E-state index contributed by atoms with van der Waals surface area (Å²) in [5, 5.41) is 9.98. The first-order valence-corrected chi connectivity index (χ1v) is 4.79. The van der Waals surface area contributed by atoms with E-state index in [1.807, 2.05) is 0 Å². The molecule has 0 bridgehead atoms. The predicted octanol–water partition coefficient (Wildman–Crippen LogP) is 1.31. The van der Waals surface area contributed by atoms with Gasteiger partial charge in [0, 0.05) is 22.5 Å². The summed E-state index contributed by atoms with van der Waals surface area (Å²) >= 11 is 0.199. The Morgan fingerprint density at radius 3 is 2.69 bits per heavy atom. The lowest BCUT2D eigenvalue weighted by Gasteiger charge is -2.13. The van der Waals surface area contributed by atoms with Crippen LogP contribution in [-0.2, 0) is 20.8 Å². The summed E-state index contributed by atoms with van der Waals surface area (Å²) in [4.78, 5) is 2.50. The van der Waals surface area contributed by atoms with Gasteiger partial charge in [-0.2, -0.15) is 0 Å². The standard InChI is InChI=1S/C9H12NO2S/c1-7(2)9(11,13-12)8-4-3-5-10-6-8/h3-7,11H,1-2H3/q+1. The Kier molecular flexibility index (Phi) is 3.06. The van der Waals surface area contributed by atoms with Crippen LogP contribution in [0.25, 0.3) is 0 Å². The molecule has 1 unspecified atom stereocenters. The third-order valence-corrected chi connectivity index (χ3v) is 2.95. The fourth-order valence-corrected chi connectivity index (χ4v) is 1.46. The molecule has 0 radical (unpaired) electrons. The minimum Gasteiger partial charge on any atom is -0.332 e. The van der Waals surface area contributed by atoms with Crippen molar-refractivity contribution in [1.82, 2.24) is 4.98 Å². The third-order valence-electron chi connectivity index (χ3n) is 1.98. The fraction of sp³-hybridized carbons (Fsp3) is 0.444. The molecular formula is C9H12NO2S+. The van der Waals surface area contributed by atoms with E-state index in [-0.39, 0.29) is 17.6 Å². The average Bonchev–Trinajstić information content (AvgIpc) is 2.17. The van der Waals surface area contributed by atoms with Gasteiger partial charge < -0.3 is 5.11 Å². The normalized spacial score (nSPS) is 15.4. The van der Waals surface area contributed by atoms with E-state index in [1.54, 1.807) is 32.2 Å². The first kappa shape index (κ1) is 10.2. The van der Waals surface area contributed by atoms with Crippen molar-refractivity contribution in [3.8, 4) is 0 Å². The van der Waals surface area contributed by atoms with Crippen molar-refractivity contribution < 1.29 is 9.32 Å². The minimum absolute atomic E-state index is 0.140. The van der Waals surface area contributed by atoms with E-state index in [0.717, 1.165) is 0 Å². The molecule has 70 valence electrons. The van der Waals surface area contributed by atoms with Gasteiger partial charge in [0.25, 0.3) is 0 Å². The van der Waals surface area contributed by atoms with Crippen LogP contribution in [0.15, 0.2) is 24.5 Å². The number of hydrogen-bond donors (Lipinski definition) is 1. The Morgan fingerprint density at radius 2 is 2.31 bits per heavy atom. The maximum absolute atomic E-state index is 10.8. The van der Waals surface area contributed by atoms with E-state index in [2.05, 4.69) is 4.98 Å². The highest BCUT2D eigenvalue weighted by molar-refractivity contribution is 7.66. The second kappa shape index (κ2) is 3.89. The van der Waals surface area contributed by atoms with E-state index in [1.165, 1.54) is 6.20 Å². The van der Waals surface area contributed by atoms with Crippen LogP contribution in [0.5, 0.6) is 0 Å². The summed E-state index contributed by atoms with van der Waals surface area (Å²) < 4.78 is 10.8. The van der Waals surface area contributed by atoms with E-state index >= 15 is 0 Å². The summed E-state index contributed by atoms with van der Waals surface area (Å²) in [5.74, 6) is -0.140. The van der Waals surface area contributed by atoms with Gasteiger partial charge in [0.2, 0.25) is 0 Å². The maximum Gasteiger partial charge on any atom is 0.502 e. The first-order valence-electron chi connectivity index (χ1n) is 4.05. The Hall–Kier alpha value is -0.870. The second-order valence-electron chi connectivity index (χ2n) is 3.18. The van der Waals surface area contributed by atoms with Crippen molar-refractivity contribution in [2.45, 2.75) is 18.8 Å². The van der Waals surface area contributed by atoms with Crippen LogP contribution in [0.1, 0.15) is 19.4 Å². The molecule has 1 aromatic heterocycles. The summed E-state index contributed by atoms with van der Waals surface area (Å²) in [6.07, 6.45) is 3.13. The van der Waals surface area contributed by atoms with Crippen molar-refractivity contribution in [3.05, 3.63) is 30.1 Å². The van der Waals surface area contributed by atoms with Crippen molar-refractivity contribution >= 4 is 11.7 Å². The van der Waals surface area contributed by atoms with Gasteiger partial charge in [-0.3, -0.25) is 4.98 Å². The molecule has 0 aromatic carbocycles. The number of nitrogens with zero attached hydrogens (tertiary/aromatic N) is 1. The minimum atomic E-state index is -1.37. The highest BCUT2D eigenvalue weighted by atomic mass is 32.1. The highest BCUT2D eigenvalue weighted by Gasteiger charge is 2.48. The average molecular weight is 198 g/mol. The third kappa shape index (κ3) is 1.89. The van der Waals surface area contributed by atoms with Crippen LogP contribution >= 0.6 is 0 Å². The summed E-state index contributed by atoms with van der Waals surface area (Å²) in [5.41, 5.74) is 0.560. The van der Waals surface area contributed by atoms with Crippen LogP contribution in [0.2, 0.25) is 0 Å². The van der Waals surface area contributed by atoms with Crippen molar-refractivity contribution in [3.63, 3.8) is 0 Å². The monoisotopic (exact) mass is 198 g/mol. The highest BCUT2D eigenvalue weighted by Crippen LogP contribution is 2.28. The molecule has 1 heterocycles. The van der Waals surface area contributed by atoms with Crippen molar-refractivity contribution in [2.24, 2.45) is 5.92 Å². The molecule has 0 aliphatic heterocycles. The molecule has 1 N–H and O–H groups in total. The topological polar surface area (TPSA) is 50.2 Å². The Balaban J connectivity index is 3.10. The molecule has 0 aliphatic rings. The number of hydrogen-bond acceptors (Lipinski definition) is 3. The fourth-order valence-electron chi connectivity index (χ4n) is 1.05. The molecular weight excluding hydrogens is 186 g/mol. The van der Waals surface area contributed by atoms with Gasteiger partial charge in [0.1, 0.15) is 0 Å². The van der Waals surface area contributed by atoms with E-state index in [9.17, 15) is 9.32 Å². The SMILES string of the molecule is CC(C)C(O)([S+]=O)c1cccnc1. The molecule has 1 aromatic rings. The smallest absolute Gasteiger partial charge is 0.332 e. The maximum atomic E-state index is 10.8. The zero-order chi connectivity index (χ0) is 9.90. The van der Waals surface area contributed by atoms with Crippen LogP contribution in [0.3, 0.4) is 0 Å². The van der Waals surface area contributed by atoms with Gasteiger partial charge in [-0.05, 0) is 12.1 Å². The number of aromatic nitrogens is 1. The molecule has 1 atom stereocenters. The lowest BCUT2D eigenvalue weighted by molar-refractivity contribution is 0.0826. The molecule has 13 heavy (non-hydrogen) atoms. The Bertz CT molecular complexity index is 289. The van der Waals surface area contributed by atoms with Crippen LogP contribution in [0.4, 0.5) is 0 Å². The molecule has 0 amide bonds. The quantitative estimate of drug-likeness (QED) is 0.588. The summed E-state index contributed by atoms with van der Waals surface area (Å²) in [6.45, 7) is 3.61. The molecule has 1 rings (SSSR count). The zero-order valence-electron chi connectivity index (χ0n) is 7.60. The molecule has 0 fully saturated rings. The molecule has 0 spiro atoms. The van der Waals surface area contributed by atoms with E-state index in [0.29, 0.717) is 5.56 Å². The van der Waals surface area contributed by atoms with Gasteiger partial charge in [-0.25, -0.2) is 0 Å². The van der Waals surface area contributed by atoms with Gasteiger partial charge in [-0.15, -0.1) is 0 Å². The van der Waals surface area contributed by atoms with Gasteiger partial charge >= 0.3 is 16.6 Å². The van der Waals surface area contributed by atoms with Crippen LogP contribution in [-0.4, -0.2) is 10.1 Å². The lowest BCUT2D eigenvalue weighted by atomic mass is 10.00. The molecule has 4 heteroatoms. The largest absolute Gasteiger partial charge is 0.502 e. The second-order valence-corrected chi connectivity index (χ2v) is 3.97. The Labute approximate surface area is 81.3 Å². The van der Waals surface area contributed by atoms with Crippen LogP contribution in [0, 0.1) is 5.92 Å². The van der Waals surface area contributed by atoms with Gasteiger partial charge in [0.15, 0.2) is 0 Å². The molecule has 3 nitrogen and oxygen atoms in total. The van der Waals surface area contributed by atoms with Gasteiger partial charge in [0.05, 0.1) is 5.56 Å². The van der Waals surface area contributed by atoms with Crippen molar-refractivity contribution in [2.75, 3.05) is 0 Å². The zero-order valence-corrected chi connectivity index (χ0v) is 8.41. The predicted molar refractivity (Wildman–Crippen MR) is 51.0 cm³/mol. The first-order chi connectivity index (χ1) is 6.11. The summed E-state index contributed by atoms with van der Waals surface area (Å²) in [7, 11) is 0. The Morgan fingerprint density at radius 1 is 1.62 bits per heavy atom. The summed E-state index contributed by atoms with van der Waals surface area (Å²) in [6, 6.07) is 3.41. The molecule has 0 saturated carbocycles. The van der Waals surface area contributed by atoms with E-state index in [4.69, 9.17) is 0 Å². The molecule has 0 saturated heterocycles. The number of aliphatic hydroxyl groups is 1. The van der Waals surface area contributed by atoms with Crippen molar-refractivity contribution in [1.29, 1.82) is 0 Å². The number of rotatable bonds is 3. The lowest BCUT2D eigenvalue weighted by Crippen LogP contribution is -2.30. The molecule has 0 aliphatic carbocycles. The van der Waals surface area contributed by atoms with Crippen LogP contribution < -0.4 is 0 Å². The number of pyridine rings is 1.